The van der Waals surface area contributed by atoms with Crippen LogP contribution in [0.5, 0.6) is 0 Å². The lowest BCUT2D eigenvalue weighted by atomic mass is 9.96. The lowest BCUT2D eigenvalue weighted by molar-refractivity contribution is -0.115. The molecular weight excluding hydrogens is 500 g/mol. The van der Waals surface area contributed by atoms with Gasteiger partial charge in [0.1, 0.15) is 11.1 Å². The molecule has 2 aromatic carbocycles. The zero-order valence-corrected chi connectivity index (χ0v) is 22.1. The number of carbonyl (C=O) groups is 1. The molecule has 0 bridgehead atoms. The van der Waals surface area contributed by atoms with Crippen molar-refractivity contribution in [3.05, 3.63) is 76.9 Å². The van der Waals surface area contributed by atoms with Crippen molar-refractivity contribution >= 4 is 50.5 Å². The van der Waals surface area contributed by atoms with Crippen molar-refractivity contribution in [2.45, 2.75) is 50.4 Å². The molecule has 2 N–H and O–H groups in total. The molecule has 0 saturated carbocycles. The molecule has 0 spiro atoms. The number of nitrogens with one attached hydrogen (secondary N) is 2. The first-order chi connectivity index (χ1) is 18.2. The zero-order chi connectivity index (χ0) is 25.6. The number of anilines is 2. The number of thiophene rings is 1. The van der Waals surface area contributed by atoms with Crippen molar-refractivity contribution in [2.75, 3.05) is 16.4 Å². The summed E-state index contributed by atoms with van der Waals surface area (Å²) in [6.07, 6.45) is 6.32. The van der Waals surface area contributed by atoms with Crippen LogP contribution >= 0.6 is 23.1 Å². The third-order valence-electron chi connectivity index (χ3n) is 6.43. The molecule has 0 saturated heterocycles. The molecule has 1 aliphatic carbocycles. The molecule has 4 aromatic rings. The monoisotopic (exact) mass is 528 g/mol. The summed E-state index contributed by atoms with van der Waals surface area (Å²) >= 11 is 3.06. The molecule has 0 radical (unpaired) electrons. The number of thioether (sulfide) groups is 1. The maximum Gasteiger partial charge on any atom is 0.225 e. The van der Waals surface area contributed by atoms with Gasteiger partial charge < -0.3 is 15.2 Å². The Morgan fingerprint density at radius 3 is 2.89 bits per heavy atom. The second-order valence-corrected chi connectivity index (χ2v) is 11.0. The number of hydrogen-bond acceptors (Lipinski definition) is 7. The molecule has 0 atom stereocenters. The summed E-state index contributed by atoms with van der Waals surface area (Å²) in [4.78, 5) is 13.9. The largest absolute Gasteiger partial charge is 0.377 e. The van der Waals surface area contributed by atoms with Crippen molar-refractivity contribution in [1.29, 1.82) is 5.26 Å². The van der Waals surface area contributed by atoms with Crippen molar-refractivity contribution in [3.63, 3.8) is 0 Å². The molecule has 37 heavy (non-hydrogen) atoms. The smallest absolute Gasteiger partial charge is 0.225 e. The van der Waals surface area contributed by atoms with Gasteiger partial charge in [-0.2, -0.15) is 5.26 Å². The van der Waals surface area contributed by atoms with E-state index in [-0.39, 0.29) is 5.91 Å². The molecule has 7 nitrogen and oxygen atoms in total. The van der Waals surface area contributed by atoms with E-state index in [1.807, 2.05) is 28.8 Å². The molecule has 0 unspecified atom stereocenters. The van der Waals surface area contributed by atoms with E-state index in [1.54, 1.807) is 11.3 Å². The van der Waals surface area contributed by atoms with Gasteiger partial charge in [-0.15, -0.1) is 28.1 Å². The van der Waals surface area contributed by atoms with E-state index in [2.05, 4.69) is 57.7 Å². The molecule has 2 heterocycles. The van der Waals surface area contributed by atoms with Crippen LogP contribution in [0, 0.1) is 11.3 Å². The molecule has 0 fully saturated rings. The Balaban J connectivity index is 1.20. The fourth-order valence-corrected chi connectivity index (χ4v) is 6.78. The Kier molecular flexibility index (Phi) is 7.87. The maximum absolute atomic E-state index is 12.7. The number of aromatic nitrogens is 3. The molecule has 2 aromatic heterocycles. The third kappa shape index (κ3) is 5.55. The summed E-state index contributed by atoms with van der Waals surface area (Å²) in [5, 5.41) is 28.7. The van der Waals surface area contributed by atoms with Crippen LogP contribution in [0.3, 0.4) is 0 Å². The Bertz CT molecular complexity index is 1480. The molecule has 188 valence electrons. The maximum atomic E-state index is 12.7. The summed E-state index contributed by atoms with van der Waals surface area (Å²) in [6.45, 7) is 4.99. The van der Waals surface area contributed by atoms with E-state index in [0.717, 1.165) is 53.3 Å². The Labute approximate surface area is 224 Å². The highest BCUT2D eigenvalue weighted by atomic mass is 32.2. The predicted octanol–water partition coefficient (Wildman–Crippen LogP) is 6.16. The number of rotatable bonds is 10. The number of hydrogen-bond donors (Lipinski definition) is 2. The number of amides is 1. The minimum absolute atomic E-state index is 0.0878. The summed E-state index contributed by atoms with van der Waals surface area (Å²) in [6, 6.07) is 16.8. The van der Waals surface area contributed by atoms with Gasteiger partial charge in [0, 0.05) is 34.7 Å². The fraction of sp³-hybridized carbons (Fsp3) is 0.286. The van der Waals surface area contributed by atoms with Crippen molar-refractivity contribution in [3.8, 4) is 6.07 Å². The van der Waals surface area contributed by atoms with Crippen LogP contribution in [-0.2, 0) is 30.7 Å². The van der Waals surface area contributed by atoms with Gasteiger partial charge >= 0.3 is 0 Å². The number of aryl methyl sites for hydroxylation is 1. The third-order valence-corrected chi connectivity index (χ3v) is 8.60. The predicted molar refractivity (Wildman–Crippen MR) is 151 cm³/mol. The molecular formula is C28H28N6OS2. The first-order valence-electron chi connectivity index (χ1n) is 12.4. The van der Waals surface area contributed by atoms with E-state index in [0.29, 0.717) is 35.8 Å². The summed E-state index contributed by atoms with van der Waals surface area (Å²) < 4.78 is 2.02. The van der Waals surface area contributed by atoms with Crippen molar-refractivity contribution in [2.24, 2.45) is 0 Å². The van der Waals surface area contributed by atoms with Crippen molar-refractivity contribution < 1.29 is 4.79 Å². The first-order valence-corrected chi connectivity index (χ1v) is 14.2. The van der Waals surface area contributed by atoms with E-state index in [1.165, 1.54) is 22.0 Å². The number of benzene rings is 2. The van der Waals surface area contributed by atoms with Crippen molar-refractivity contribution in [1.82, 2.24) is 14.8 Å². The highest BCUT2D eigenvalue weighted by Gasteiger charge is 2.22. The molecule has 0 aliphatic heterocycles. The Morgan fingerprint density at radius 1 is 1.19 bits per heavy atom. The SMILES string of the molecule is C=CCn1c(CNc2cccc3ccccc23)nnc1SCCC(=O)Nc1sc2c(c1C#N)CCCC2. The first kappa shape index (κ1) is 25.1. The average molecular weight is 529 g/mol. The minimum Gasteiger partial charge on any atom is -0.377 e. The normalized spacial score (nSPS) is 12.6. The number of allylic oxidation sites excluding steroid dienone is 1. The van der Waals surface area contributed by atoms with Crippen LogP contribution < -0.4 is 10.6 Å². The highest BCUT2D eigenvalue weighted by Crippen LogP contribution is 2.37. The van der Waals surface area contributed by atoms with Gasteiger partial charge in [0.25, 0.3) is 0 Å². The summed E-state index contributed by atoms with van der Waals surface area (Å²) in [7, 11) is 0. The molecule has 5 rings (SSSR count). The van der Waals surface area contributed by atoms with Gasteiger partial charge in [0.2, 0.25) is 5.91 Å². The van der Waals surface area contributed by atoms with Gasteiger partial charge in [-0.05, 0) is 42.7 Å². The van der Waals surface area contributed by atoms with Crippen LogP contribution in [-0.4, -0.2) is 26.4 Å². The van der Waals surface area contributed by atoms with Gasteiger partial charge in [-0.1, -0.05) is 54.2 Å². The van der Waals surface area contributed by atoms with E-state index in [9.17, 15) is 10.1 Å². The Hall–Kier alpha value is -3.61. The average Bonchev–Trinajstić information content (AvgIpc) is 3.47. The second kappa shape index (κ2) is 11.6. The summed E-state index contributed by atoms with van der Waals surface area (Å²) in [5.41, 5.74) is 2.82. The number of nitrogens with zero attached hydrogens (tertiary/aromatic N) is 4. The number of fused-ring (bicyclic) bond motifs is 2. The lowest BCUT2D eigenvalue weighted by Crippen LogP contribution is -2.13. The van der Waals surface area contributed by atoms with Gasteiger partial charge in [0.15, 0.2) is 11.0 Å². The zero-order valence-electron chi connectivity index (χ0n) is 20.5. The van der Waals surface area contributed by atoms with Crippen LogP contribution in [0.2, 0.25) is 0 Å². The highest BCUT2D eigenvalue weighted by molar-refractivity contribution is 7.99. The minimum atomic E-state index is -0.0878. The van der Waals surface area contributed by atoms with Crippen LogP contribution in [0.1, 0.15) is 41.1 Å². The number of nitriles is 1. The second-order valence-electron chi connectivity index (χ2n) is 8.85. The topological polar surface area (TPSA) is 95.6 Å². The van der Waals surface area contributed by atoms with E-state index in [4.69, 9.17) is 0 Å². The van der Waals surface area contributed by atoms with Gasteiger partial charge in [-0.25, -0.2) is 0 Å². The molecule has 1 aliphatic rings. The standard InChI is InChI=1S/C28H28N6OS2/c1-2-15-34-25(18-30-23-12-7-9-19-8-3-4-10-20(19)23)32-33-28(34)36-16-14-26(35)31-27-22(17-29)21-11-5-6-13-24(21)37-27/h2-4,7-10,12,30H,1,5-6,11,13-16,18H2,(H,31,35). The van der Waals surface area contributed by atoms with Crippen LogP contribution in [0.15, 0.2) is 60.3 Å². The summed E-state index contributed by atoms with van der Waals surface area (Å²) in [5.74, 6) is 1.28. The van der Waals surface area contributed by atoms with Crippen LogP contribution in [0.4, 0.5) is 10.7 Å². The van der Waals surface area contributed by atoms with E-state index < -0.39 is 0 Å². The fourth-order valence-electron chi connectivity index (χ4n) is 4.62. The van der Waals surface area contributed by atoms with Crippen LogP contribution in [0.25, 0.3) is 10.8 Å². The molecule has 1 amide bonds. The quantitative estimate of drug-likeness (QED) is 0.189. The number of carbonyl (C=O) groups excluding carboxylic acids is 1. The molecule has 9 heteroatoms. The van der Waals surface area contributed by atoms with Gasteiger partial charge in [-0.3, -0.25) is 4.79 Å². The Morgan fingerprint density at radius 2 is 2.03 bits per heavy atom. The van der Waals surface area contributed by atoms with E-state index >= 15 is 0 Å². The van der Waals surface area contributed by atoms with Gasteiger partial charge in [0.05, 0.1) is 12.1 Å². The lowest BCUT2D eigenvalue weighted by Gasteiger charge is -2.11.